The molecular formula is C36H36N2O2. The number of carbonyl (C=O) groups excluding carboxylic acids is 1. The predicted molar refractivity (Wildman–Crippen MR) is 163 cm³/mol. The maximum Gasteiger partial charge on any atom is 0.163 e. The summed E-state index contributed by atoms with van der Waals surface area (Å²) < 4.78 is 6.15. The van der Waals surface area contributed by atoms with E-state index in [0.29, 0.717) is 13.0 Å². The van der Waals surface area contributed by atoms with Crippen LogP contribution in [0.25, 0.3) is 0 Å². The number of rotatable bonds is 5. The Hall–Kier alpha value is -4.31. The van der Waals surface area contributed by atoms with Gasteiger partial charge in [0.05, 0.1) is 17.4 Å². The minimum absolute atomic E-state index is 0.0986. The smallest absolute Gasteiger partial charge is 0.163 e. The zero-order valence-electron chi connectivity index (χ0n) is 23.4. The van der Waals surface area contributed by atoms with Gasteiger partial charge in [0, 0.05) is 17.7 Å². The molecule has 0 bridgehead atoms. The Balaban J connectivity index is 1.33. The van der Waals surface area contributed by atoms with Gasteiger partial charge in [0.25, 0.3) is 0 Å². The second kappa shape index (κ2) is 10.7. The largest absolute Gasteiger partial charge is 0.489 e. The zero-order chi connectivity index (χ0) is 27.7. The molecule has 202 valence electrons. The molecule has 40 heavy (non-hydrogen) atoms. The molecule has 2 N–H and O–H groups in total. The van der Waals surface area contributed by atoms with E-state index in [2.05, 4.69) is 92.1 Å². The summed E-state index contributed by atoms with van der Waals surface area (Å²) in [7, 11) is 0. The third-order valence-corrected chi connectivity index (χ3v) is 8.00. The lowest BCUT2D eigenvalue weighted by molar-refractivity contribution is -0.116. The van der Waals surface area contributed by atoms with E-state index in [4.69, 9.17) is 4.74 Å². The van der Waals surface area contributed by atoms with E-state index in [1.165, 1.54) is 11.1 Å². The first-order valence-corrected chi connectivity index (χ1v) is 14.1. The Morgan fingerprint density at radius 1 is 0.775 bits per heavy atom. The van der Waals surface area contributed by atoms with Crippen LogP contribution in [-0.2, 0) is 16.8 Å². The highest BCUT2D eigenvalue weighted by Crippen LogP contribution is 2.44. The SMILES string of the molecule is CC(C)(C)c1ccc(C2CC(=O)C3=C(C2)Nc2ccccc2NC3c2cccc(OCc3ccccc3)c2)cc1. The number of benzene rings is 4. The Morgan fingerprint density at radius 3 is 2.25 bits per heavy atom. The average molecular weight is 529 g/mol. The standard InChI is InChI=1S/C36H36N2O2/c1-36(2,3)28-18-16-25(17-19-28)27-21-32-34(33(39)22-27)35(38-31-15-8-7-14-30(31)37-32)26-12-9-13-29(20-26)40-23-24-10-5-4-6-11-24/h4-20,27,35,37-38H,21-23H2,1-3H3. The van der Waals surface area contributed by atoms with Crippen molar-refractivity contribution in [1.82, 2.24) is 0 Å². The lowest BCUT2D eigenvalue weighted by atomic mass is 9.77. The van der Waals surface area contributed by atoms with Crippen molar-refractivity contribution in [1.29, 1.82) is 0 Å². The van der Waals surface area contributed by atoms with Gasteiger partial charge in [-0.1, -0.05) is 99.6 Å². The number of Topliss-reactive ketones (excluding diaryl/α,β-unsaturated/α-hetero) is 1. The number of ketones is 1. The van der Waals surface area contributed by atoms with E-state index in [1.54, 1.807) is 0 Å². The molecule has 0 radical (unpaired) electrons. The minimum atomic E-state index is -0.275. The highest BCUT2D eigenvalue weighted by molar-refractivity contribution is 6.01. The number of fused-ring (bicyclic) bond motifs is 1. The number of ether oxygens (including phenoxy) is 1. The molecule has 4 aromatic rings. The molecule has 6 rings (SSSR count). The topological polar surface area (TPSA) is 50.4 Å². The summed E-state index contributed by atoms with van der Waals surface area (Å²) in [4.78, 5) is 14.0. The van der Waals surface area contributed by atoms with Crippen LogP contribution in [0.5, 0.6) is 5.75 Å². The summed E-state index contributed by atoms with van der Waals surface area (Å²) >= 11 is 0. The van der Waals surface area contributed by atoms with Crippen molar-refractivity contribution < 1.29 is 9.53 Å². The summed E-state index contributed by atoms with van der Waals surface area (Å²) in [6, 6.07) is 35.0. The summed E-state index contributed by atoms with van der Waals surface area (Å²) in [5, 5.41) is 7.34. The molecule has 0 saturated heterocycles. The van der Waals surface area contributed by atoms with Gasteiger partial charge in [0.2, 0.25) is 0 Å². The molecule has 0 aromatic heterocycles. The van der Waals surface area contributed by atoms with Crippen LogP contribution in [-0.4, -0.2) is 5.78 Å². The van der Waals surface area contributed by atoms with Crippen molar-refractivity contribution in [2.24, 2.45) is 0 Å². The normalized spacial score (nSPS) is 18.6. The van der Waals surface area contributed by atoms with Crippen LogP contribution in [0, 0.1) is 0 Å². The van der Waals surface area contributed by atoms with E-state index < -0.39 is 0 Å². The first-order chi connectivity index (χ1) is 19.3. The van der Waals surface area contributed by atoms with Crippen LogP contribution >= 0.6 is 0 Å². The molecule has 4 nitrogen and oxygen atoms in total. The van der Waals surface area contributed by atoms with E-state index >= 15 is 0 Å². The maximum atomic E-state index is 14.0. The van der Waals surface area contributed by atoms with E-state index in [9.17, 15) is 4.79 Å². The van der Waals surface area contributed by atoms with Crippen LogP contribution in [0.4, 0.5) is 11.4 Å². The number of allylic oxidation sites excluding steroid dienone is 1. The predicted octanol–water partition coefficient (Wildman–Crippen LogP) is 8.54. The summed E-state index contributed by atoms with van der Waals surface area (Å²) in [5.74, 6) is 1.11. The molecule has 4 aromatic carbocycles. The van der Waals surface area contributed by atoms with Gasteiger partial charge < -0.3 is 15.4 Å². The third kappa shape index (κ3) is 5.40. The second-order valence-electron chi connectivity index (χ2n) is 11.9. The average Bonchev–Trinajstić information content (AvgIpc) is 3.13. The summed E-state index contributed by atoms with van der Waals surface area (Å²) in [6.45, 7) is 7.18. The molecular weight excluding hydrogens is 492 g/mol. The Morgan fingerprint density at radius 2 is 1.50 bits per heavy atom. The Bertz CT molecular complexity index is 1550. The maximum absolute atomic E-state index is 14.0. The van der Waals surface area contributed by atoms with Crippen molar-refractivity contribution in [3.05, 3.63) is 137 Å². The van der Waals surface area contributed by atoms with Crippen molar-refractivity contribution in [2.75, 3.05) is 10.6 Å². The first-order valence-electron chi connectivity index (χ1n) is 14.1. The highest BCUT2D eigenvalue weighted by Gasteiger charge is 2.36. The van der Waals surface area contributed by atoms with Crippen molar-refractivity contribution in [3.63, 3.8) is 0 Å². The molecule has 0 fully saturated rings. The van der Waals surface area contributed by atoms with Crippen molar-refractivity contribution >= 4 is 17.2 Å². The Labute approximate surface area is 237 Å². The van der Waals surface area contributed by atoms with Gasteiger partial charge in [-0.15, -0.1) is 0 Å². The third-order valence-electron chi connectivity index (χ3n) is 8.00. The molecule has 1 heterocycles. The van der Waals surface area contributed by atoms with Gasteiger partial charge in [0.1, 0.15) is 12.4 Å². The molecule has 0 saturated carbocycles. The molecule has 2 aliphatic rings. The van der Waals surface area contributed by atoms with Crippen LogP contribution in [0.15, 0.2) is 114 Å². The van der Waals surface area contributed by atoms with Gasteiger partial charge in [-0.2, -0.15) is 0 Å². The Kier molecular flexibility index (Phi) is 6.93. The van der Waals surface area contributed by atoms with Crippen molar-refractivity contribution in [2.45, 2.75) is 57.6 Å². The summed E-state index contributed by atoms with van der Waals surface area (Å²) in [6.07, 6.45) is 1.28. The number of hydrogen-bond acceptors (Lipinski definition) is 4. The molecule has 0 amide bonds. The van der Waals surface area contributed by atoms with Crippen molar-refractivity contribution in [3.8, 4) is 5.75 Å². The van der Waals surface area contributed by atoms with Gasteiger partial charge in [-0.3, -0.25) is 4.79 Å². The lowest BCUT2D eigenvalue weighted by Gasteiger charge is -2.30. The molecule has 4 heteroatoms. The van der Waals surface area contributed by atoms with E-state index in [1.807, 2.05) is 42.5 Å². The van der Waals surface area contributed by atoms with Gasteiger partial charge >= 0.3 is 0 Å². The lowest BCUT2D eigenvalue weighted by Crippen LogP contribution is -2.27. The number of para-hydroxylation sites is 2. The monoisotopic (exact) mass is 528 g/mol. The van der Waals surface area contributed by atoms with Crippen LogP contribution in [0.1, 0.15) is 67.8 Å². The summed E-state index contributed by atoms with van der Waals surface area (Å²) in [5.41, 5.74) is 8.54. The zero-order valence-corrected chi connectivity index (χ0v) is 23.4. The molecule has 2 atom stereocenters. The number of anilines is 2. The van der Waals surface area contributed by atoms with Gasteiger partial charge in [-0.05, 0) is 64.3 Å². The highest BCUT2D eigenvalue weighted by atomic mass is 16.5. The molecule has 1 aliphatic carbocycles. The fourth-order valence-electron chi connectivity index (χ4n) is 5.76. The number of hydrogen-bond donors (Lipinski definition) is 2. The van der Waals surface area contributed by atoms with E-state index in [-0.39, 0.29) is 23.2 Å². The minimum Gasteiger partial charge on any atom is -0.489 e. The molecule has 1 aliphatic heterocycles. The fraction of sp³-hybridized carbons (Fsp3) is 0.250. The number of carbonyl (C=O) groups is 1. The van der Waals surface area contributed by atoms with Crippen LogP contribution in [0.2, 0.25) is 0 Å². The van der Waals surface area contributed by atoms with Gasteiger partial charge in [-0.25, -0.2) is 0 Å². The van der Waals surface area contributed by atoms with E-state index in [0.717, 1.165) is 45.9 Å². The van der Waals surface area contributed by atoms with Crippen LogP contribution < -0.4 is 15.4 Å². The molecule has 0 spiro atoms. The quantitative estimate of drug-likeness (QED) is 0.272. The molecule has 2 unspecified atom stereocenters. The number of nitrogens with one attached hydrogen (secondary N) is 2. The van der Waals surface area contributed by atoms with Gasteiger partial charge in [0.15, 0.2) is 5.78 Å². The second-order valence-corrected chi connectivity index (χ2v) is 11.9. The van der Waals surface area contributed by atoms with Crippen LogP contribution in [0.3, 0.4) is 0 Å². The fourth-order valence-corrected chi connectivity index (χ4v) is 5.76. The first kappa shape index (κ1) is 25.9.